The number of alkyl halides is 3. The van der Waals surface area contributed by atoms with Gasteiger partial charge in [0.15, 0.2) is 0 Å². The van der Waals surface area contributed by atoms with Crippen molar-refractivity contribution in [2.45, 2.75) is 6.36 Å². The zero-order valence-electron chi connectivity index (χ0n) is 7.88. The third-order valence-corrected chi connectivity index (χ3v) is 2.50. The van der Waals surface area contributed by atoms with E-state index in [9.17, 15) is 13.2 Å². The molecule has 2 aromatic rings. The second-order valence-electron chi connectivity index (χ2n) is 3.20. The van der Waals surface area contributed by atoms with Crippen molar-refractivity contribution in [2.75, 3.05) is 0 Å². The molecule has 1 nitrogen and oxygen atoms in total. The lowest BCUT2D eigenvalue weighted by Gasteiger charge is -2.09. The van der Waals surface area contributed by atoms with Crippen LogP contribution in [0.5, 0.6) is 5.75 Å². The Bertz CT molecular complexity index is 522. The Balaban J connectivity index is 2.43. The van der Waals surface area contributed by atoms with Gasteiger partial charge in [-0.15, -0.1) is 13.2 Å². The van der Waals surface area contributed by atoms with Crippen molar-refractivity contribution in [2.24, 2.45) is 0 Å². The molecule has 0 unspecified atom stereocenters. The fourth-order valence-electron chi connectivity index (χ4n) is 1.39. The van der Waals surface area contributed by atoms with Gasteiger partial charge in [-0.25, -0.2) is 0 Å². The number of hydrogen-bond acceptors (Lipinski definition) is 1. The van der Waals surface area contributed by atoms with Crippen molar-refractivity contribution in [3.8, 4) is 5.75 Å². The molecule has 0 heterocycles. The molecule has 0 radical (unpaired) electrons. The highest BCUT2D eigenvalue weighted by molar-refractivity contribution is 9.10. The quantitative estimate of drug-likeness (QED) is 0.751. The predicted molar refractivity (Wildman–Crippen MR) is 58.3 cm³/mol. The first-order chi connectivity index (χ1) is 7.44. The van der Waals surface area contributed by atoms with Crippen LogP contribution in [-0.4, -0.2) is 6.36 Å². The van der Waals surface area contributed by atoms with Crippen molar-refractivity contribution >= 4 is 26.7 Å². The maximum Gasteiger partial charge on any atom is 0.573 e. The summed E-state index contributed by atoms with van der Waals surface area (Å²) < 4.78 is 40.6. The van der Waals surface area contributed by atoms with Gasteiger partial charge in [-0.2, -0.15) is 0 Å². The summed E-state index contributed by atoms with van der Waals surface area (Å²) in [7, 11) is 0. The zero-order chi connectivity index (χ0) is 11.8. The number of halogens is 4. The van der Waals surface area contributed by atoms with Crippen molar-refractivity contribution in [1.29, 1.82) is 0 Å². The Morgan fingerprint density at radius 2 is 1.62 bits per heavy atom. The molecule has 2 aromatic carbocycles. The van der Waals surface area contributed by atoms with E-state index in [2.05, 4.69) is 20.7 Å². The van der Waals surface area contributed by atoms with Crippen LogP contribution in [0.4, 0.5) is 13.2 Å². The Labute approximate surface area is 98.0 Å². The molecule has 16 heavy (non-hydrogen) atoms. The molecule has 0 amide bonds. The Hall–Kier alpha value is -1.23. The molecule has 0 atom stereocenters. The van der Waals surface area contributed by atoms with Crippen LogP contribution in [0.2, 0.25) is 0 Å². The third-order valence-electron chi connectivity index (χ3n) is 2.01. The molecule has 84 valence electrons. The van der Waals surface area contributed by atoms with Crippen molar-refractivity contribution < 1.29 is 17.9 Å². The van der Waals surface area contributed by atoms with E-state index >= 15 is 0 Å². The van der Waals surface area contributed by atoms with Crippen LogP contribution in [0.15, 0.2) is 40.9 Å². The number of fused-ring (bicyclic) bond motifs is 1. The molecule has 0 aliphatic carbocycles. The topological polar surface area (TPSA) is 9.23 Å². The van der Waals surface area contributed by atoms with Crippen LogP contribution < -0.4 is 4.74 Å². The second-order valence-corrected chi connectivity index (χ2v) is 4.12. The highest BCUT2D eigenvalue weighted by atomic mass is 79.9. The summed E-state index contributed by atoms with van der Waals surface area (Å²) >= 11 is 3.26. The molecule has 0 spiro atoms. The molecule has 0 bridgehead atoms. The van der Waals surface area contributed by atoms with Crippen LogP contribution in [0.25, 0.3) is 10.8 Å². The third kappa shape index (κ3) is 2.66. The average Bonchev–Trinajstić information content (AvgIpc) is 2.14. The maximum absolute atomic E-state index is 12.0. The molecule has 0 saturated carbocycles. The monoisotopic (exact) mass is 290 g/mol. The Morgan fingerprint density at radius 3 is 2.31 bits per heavy atom. The fraction of sp³-hybridized carbons (Fsp3) is 0.0909. The van der Waals surface area contributed by atoms with Gasteiger partial charge >= 0.3 is 6.36 Å². The summed E-state index contributed by atoms with van der Waals surface area (Å²) in [5, 5.41) is 1.55. The van der Waals surface area contributed by atoms with Gasteiger partial charge in [-0.3, -0.25) is 0 Å². The van der Waals surface area contributed by atoms with E-state index in [0.29, 0.717) is 5.39 Å². The van der Waals surface area contributed by atoms with E-state index in [1.54, 1.807) is 12.1 Å². The second kappa shape index (κ2) is 3.97. The highest BCUT2D eigenvalue weighted by Crippen LogP contribution is 2.27. The van der Waals surface area contributed by atoms with Crippen LogP contribution in [0.1, 0.15) is 0 Å². The van der Waals surface area contributed by atoms with Gasteiger partial charge in [0.2, 0.25) is 0 Å². The molecule has 0 N–H and O–H groups in total. The smallest absolute Gasteiger partial charge is 0.406 e. The van der Waals surface area contributed by atoms with E-state index < -0.39 is 6.36 Å². The van der Waals surface area contributed by atoms with Crippen molar-refractivity contribution in [3.63, 3.8) is 0 Å². The van der Waals surface area contributed by atoms with Gasteiger partial charge in [0.1, 0.15) is 5.75 Å². The molecule has 2 rings (SSSR count). The van der Waals surface area contributed by atoms with Crippen molar-refractivity contribution in [1.82, 2.24) is 0 Å². The molecule has 0 aliphatic rings. The summed E-state index contributed by atoms with van der Waals surface area (Å²) in [5.74, 6) is -0.210. The van der Waals surface area contributed by atoms with Crippen LogP contribution >= 0.6 is 15.9 Å². The summed E-state index contributed by atoms with van der Waals surface area (Å²) in [6.45, 7) is 0. The summed E-state index contributed by atoms with van der Waals surface area (Å²) in [4.78, 5) is 0. The number of benzene rings is 2. The van der Waals surface area contributed by atoms with E-state index in [1.165, 1.54) is 12.1 Å². The van der Waals surface area contributed by atoms with Crippen LogP contribution in [-0.2, 0) is 0 Å². The van der Waals surface area contributed by atoms with Gasteiger partial charge < -0.3 is 4.74 Å². The van der Waals surface area contributed by atoms with Gasteiger partial charge in [0.25, 0.3) is 0 Å². The molecule has 0 fully saturated rings. The molecule has 0 aliphatic heterocycles. The average molecular weight is 291 g/mol. The van der Waals surface area contributed by atoms with Crippen molar-refractivity contribution in [3.05, 3.63) is 40.9 Å². The van der Waals surface area contributed by atoms with E-state index in [1.807, 2.05) is 12.1 Å². The van der Waals surface area contributed by atoms with E-state index in [-0.39, 0.29) is 5.75 Å². The molecule has 5 heteroatoms. The minimum Gasteiger partial charge on any atom is -0.406 e. The lowest BCUT2D eigenvalue weighted by atomic mass is 10.1. The maximum atomic E-state index is 12.0. The first kappa shape index (κ1) is 11.3. The zero-order valence-corrected chi connectivity index (χ0v) is 9.47. The molecular formula is C11H6BrF3O. The van der Waals surface area contributed by atoms with Gasteiger partial charge in [-0.1, -0.05) is 28.1 Å². The number of hydrogen-bond donors (Lipinski definition) is 0. The van der Waals surface area contributed by atoms with Crippen LogP contribution in [0, 0.1) is 0 Å². The molecule has 0 aromatic heterocycles. The SMILES string of the molecule is FC(F)(F)Oc1ccc2ccc(Br)cc2c1. The largest absolute Gasteiger partial charge is 0.573 e. The lowest BCUT2D eigenvalue weighted by Crippen LogP contribution is -2.16. The lowest BCUT2D eigenvalue weighted by molar-refractivity contribution is -0.274. The van der Waals surface area contributed by atoms with Gasteiger partial charge in [0.05, 0.1) is 0 Å². The summed E-state index contributed by atoms with van der Waals surface area (Å²) in [6, 6.07) is 9.61. The highest BCUT2D eigenvalue weighted by Gasteiger charge is 2.31. The standard InChI is InChI=1S/C11H6BrF3O/c12-9-3-1-7-2-4-10(6-8(7)5-9)16-11(13,14)15/h1-6H. The fourth-order valence-corrected chi connectivity index (χ4v) is 1.77. The molecular weight excluding hydrogens is 285 g/mol. The van der Waals surface area contributed by atoms with Gasteiger partial charge in [-0.05, 0) is 35.0 Å². The summed E-state index contributed by atoms with van der Waals surface area (Å²) in [5.41, 5.74) is 0. The Morgan fingerprint density at radius 1 is 0.938 bits per heavy atom. The Kier molecular flexibility index (Phi) is 2.80. The number of ether oxygens (including phenoxy) is 1. The van der Waals surface area contributed by atoms with E-state index in [4.69, 9.17) is 0 Å². The van der Waals surface area contributed by atoms with Crippen LogP contribution in [0.3, 0.4) is 0 Å². The number of rotatable bonds is 1. The minimum absolute atomic E-state index is 0.210. The minimum atomic E-state index is -4.65. The van der Waals surface area contributed by atoms with Gasteiger partial charge in [0, 0.05) is 4.47 Å². The molecule has 0 saturated heterocycles. The first-order valence-electron chi connectivity index (χ1n) is 4.39. The first-order valence-corrected chi connectivity index (χ1v) is 5.18. The van der Waals surface area contributed by atoms with E-state index in [0.717, 1.165) is 9.86 Å². The normalized spacial score (nSPS) is 11.8. The summed E-state index contributed by atoms with van der Waals surface area (Å²) in [6.07, 6.45) is -4.65. The predicted octanol–water partition coefficient (Wildman–Crippen LogP) is 4.50.